The number of nitrogens with one attached hydrogen (secondary N) is 2. The predicted molar refractivity (Wildman–Crippen MR) is 65.4 cm³/mol. The number of nitrogens with zero attached hydrogens (tertiary/aromatic N) is 2. The van der Waals surface area contributed by atoms with E-state index in [9.17, 15) is 0 Å². The molecule has 2 rings (SSSR count). The molecule has 1 saturated heterocycles. The third kappa shape index (κ3) is 3.94. The van der Waals surface area contributed by atoms with Crippen LogP contribution in [0.15, 0.2) is 18.7 Å². The predicted octanol–water partition coefficient (Wildman–Crippen LogP) is 1.00. The van der Waals surface area contributed by atoms with Crippen LogP contribution in [0.4, 0.5) is 0 Å². The highest BCUT2D eigenvalue weighted by Gasteiger charge is 2.10. The Morgan fingerprint density at radius 3 is 3.19 bits per heavy atom. The second-order valence-electron chi connectivity index (χ2n) is 4.51. The first-order valence-electron chi connectivity index (χ1n) is 6.35. The van der Waals surface area contributed by atoms with Gasteiger partial charge in [0.2, 0.25) is 0 Å². The number of aryl methyl sites for hydroxylation is 1. The van der Waals surface area contributed by atoms with Crippen LogP contribution < -0.4 is 10.6 Å². The largest absolute Gasteiger partial charge is 0.337 e. The van der Waals surface area contributed by atoms with Crippen molar-refractivity contribution in [3.8, 4) is 0 Å². The summed E-state index contributed by atoms with van der Waals surface area (Å²) in [5, 5.41) is 7.07. The fraction of sp³-hybridized carbons (Fsp3) is 0.750. The zero-order valence-corrected chi connectivity index (χ0v) is 9.86. The maximum Gasteiger partial charge on any atom is 0.0945 e. The van der Waals surface area contributed by atoms with E-state index in [0.717, 1.165) is 19.6 Å². The van der Waals surface area contributed by atoms with Crippen molar-refractivity contribution in [1.82, 2.24) is 20.2 Å². The number of hydrogen-bond acceptors (Lipinski definition) is 3. The normalized spacial score (nSPS) is 21.1. The minimum atomic E-state index is 0.696. The van der Waals surface area contributed by atoms with E-state index in [1.807, 2.05) is 18.7 Å². The highest BCUT2D eigenvalue weighted by Crippen LogP contribution is 2.05. The molecule has 1 aromatic rings. The van der Waals surface area contributed by atoms with Crippen LogP contribution in [0.1, 0.15) is 25.7 Å². The Morgan fingerprint density at radius 2 is 2.44 bits per heavy atom. The van der Waals surface area contributed by atoms with Crippen molar-refractivity contribution in [3.05, 3.63) is 18.7 Å². The molecule has 2 N–H and O–H groups in total. The van der Waals surface area contributed by atoms with Gasteiger partial charge in [0.25, 0.3) is 0 Å². The van der Waals surface area contributed by atoms with Crippen LogP contribution in [-0.4, -0.2) is 35.2 Å². The Morgan fingerprint density at radius 1 is 1.44 bits per heavy atom. The molecule has 90 valence electrons. The van der Waals surface area contributed by atoms with Crippen molar-refractivity contribution in [2.45, 2.75) is 38.3 Å². The fourth-order valence-corrected chi connectivity index (χ4v) is 2.18. The highest BCUT2D eigenvalue weighted by molar-refractivity contribution is 4.75. The average Bonchev–Trinajstić information content (AvgIpc) is 2.83. The molecular formula is C12H22N4. The Labute approximate surface area is 97.4 Å². The lowest BCUT2D eigenvalue weighted by molar-refractivity contribution is 0.381. The summed E-state index contributed by atoms with van der Waals surface area (Å²) >= 11 is 0. The molecule has 0 amide bonds. The van der Waals surface area contributed by atoms with Gasteiger partial charge in [-0.1, -0.05) is 6.42 Å². The molecule has 0 aromatic carbocycles. The molecule has 0 bridgehead atoms. The Hall–Kier alpha value is -0.870. The summed E-state index contributed by atoms with van der Waals surface area (Å²) in [6.07, 6.45) is 11.0. The van der Waals surface area contributed by atoms with Gasteiger partial charge in [0.05, 0.1) is 6.33 Å². The first-order valence-corrected chi connectivity index (χ1v) is 6.35. The maximum absolute atomic E-state index is 4.03. The quantitative estimate of drug-likeness (QED) is 0.706. The molecule has 0 aliphatic carbocycles. The van der Waals surface area contributed by atoms with Gasteiger partial charge >= 0.3 is 0 Å². The third-order valence-electron chi connectivity index (χ3n) is 3.13. The van der Waals surface area contributed by atoms with E-state index in [2.05, 4.69) is 20.2 Å². The molecule has 0 radical (unpaired) electrons. The topological polar surface area (TPSA) is 41.9 Å². The van der Waals surface area contributed by atoms with E-state index >= 15 is 0 Å². The number of hydrogen-bond donors (Lipinski definition) is 2. The lowest BCUT2D eigenvalue weighted by atomic mass is 10.1. The molecule has 1 atom stereocenters. The Bertz CT molecular complexity index is 265. The smallest absolute Gasteiger partial charge is 0.0945 e. The first kappa shape index (κ1) is 11.6. The van der Waals surface area contributed by atoms with Crippen LogP contribution in [0.5, 0.6) is 0 Å². The van der Waals surface area contributed by atoms with Gasteiger partial charge in [0, 0.05) is 31.5 Å². The van der Waals surface area contributed by atoms with E-state index in [0.29, 0.717) is 6.04 Å². The second-order valence-corrected chi connectivity index (χ2v) is 4.51. The van der Waals surface area contributed by atoms with Gasteiger partial charge in [-0.05, 0) is 32.4 Å². The van der Waals surface area contributed by atoms with Crippen molar-refractivity contribution in [2.75, 3.05) is 19.6 Å². The zero-order chi connectivity index (χ0) is 11.1. The molecule has 4 nitrogen and oxygen atoms in total. The molecule has 1 aromatic heterocycles. The van der Waals surface area contributed by atoms with E-state index in [-0.39, 0.29) is 0 Å². The van der Waals surface area contributed by atoms with Crippen LogP contribution >= 0.6 is 0 Å². The lowest BCUT2D eigenvalue weighted by Crippen LogP contribution is -2.42. The van der Waals surface area contributed by atoms with Crippen LogP contribution in [-0.2, 0) is 6.54 Å². The first-order chi connectivity index (χ1) is 7.95. The molecule has 0 saturated carbocycles. The molecule has 1 unspecified atom stereocenters. The van der Waals surface area contributed by atoms with Gasteiger partial charge in [-0.15, -0.1) is 0 Å². The summed E-state index contributed by atoms with van der Waals surface area (Å²) in [7, 11) is 0. The number of aromatic nitrogens is 2. The summed E-state index contributed by atoms with van der Waals surface area (Å²) in [5.41, 5.74) is 0. The highest BCUT2D eigenvalue weighted by atomic mass is 15.0. The monoisotopic (exact) mass is 222 g/mol. The van der Waals surface area contributed by atoms with Crippen molar-refractivity contribution >= 4 is 0 Å². The molecule has 1 fully saturated rings. The summed E-state index contributed by atoms with van der Waals surface area (Å²) in [4.78, 5) is 4.03. The molecule has 1 aliphatic rings. The van der Waals surface area contributed by atoms with Crippen molar-refractivity contribution < 1.29 is 0 Å². The number of imidazole rings is 1. The number of rotatable bonds is 6. The van der Waals surface area contributed by atoms with Crippen LogP contribution in [0.2, 0.25) is 0 Å². The minimum absolute atomic E-state index is 0.696. The lowest BCUT2D eigenvalue weighted by Gasteiger charge is -2.23. The number of piperidine rings is 1. The van der Waals surface area contributed by atoms with Gasteiger partial charge < -0.3 is 15.2 Å². The van der Waals surface area contributed by atoms with E-state index in [1.54, 1.807) is 0 Å². The minimum Gasteiger partial charge on any atom is -0.337 e. The average molecular weight is 222 g/mol. The molecule has 4 heteroatoms. The Kier molecular flexibility index (Phi) is 4.83. The van der Waals surface area contributed by atoms with E-state index in [4.69, 9.17) is 0 Å². The zero-order valence-electron chi connectivity index (χ0n) is 9.86. The van der Waals surface area contributed by atoms with E-state index < -0.39 is 0 Å². The fourth-order valence-electron chi connectivity index (χ4n) is 2.18. The van der Waals surface area contributed by atoms with Crippen molar-refractivity contribution in [3.63, 3.8) is 0 Å². The molecule has 2 heterocycles. The molecule has 1 aliphatic heterocycles. The summed E-state index contributed by atoms with van der Waals surface area (Å²) < 4.78 is 2.13. The molecule has 16 heavy (non-hydrogen) atoms. The SMILES string of the molecule is c1cn(CCCNCC2CCCCN2)cn1. The van der Waals surface area contributed by atoms with E-state index in [1.165, 1.54) is 32.2 Å². The third-order valence-corrected chi connectivity index (χ3v) is 3.13. The summed E-state index contributed by atoms with van der Waals surface area (Å²) in [6, 6.07) is 0.696. The van der Waals surface area contributed by atoms with Crippen LogP contribution in [0, 0.1) is 0 Å². The maximum atomic E-state index is 4.03. The van der Waals surface area contributed by atoms with Gasteiger partial charge in [-0.25, -0.2) is 4.98 Å². The summed E-state index contributed by atoms with van der Waals surface area (Å²) in [5.74, 6) is 0. The van der Waals surface area contributed by atoms with Gasteiger partial charge in [-0.2, -0.15) is 0 Å². The van der Waals surface area contributed by atoms with Gasteiger partial charge in [-0.3, -0.25) is 0 Å². The standard InChI is InChI=1S/C12H22N4/c1-2-6-15-12(4-1)10-13-5-3-8-16-9-7-14-11-16/h7,9,11-13,15H,1-6,8,10H2. The second kappa shape index (κ2) is 6.66. The van der Waals surface area contributed by atoms with Gasteiger partial charge in [0.15, 0.2) is 0 Å². The molecule has 0 spiro atoms. The Balaban J connectivity index is 1.48. The van der Waals surface area contributed by atoms with Crippen LogP contribution in [0.25, 0.3) is 0 Å². The summed E-state index contributed by atoms with van der Waals surface area (Å²) in [6.45, 7) is 4.47. The van der Waals surface area contributed by atoms with Gasteiger partial charge in [0.1, 0.15) is 0 Å². The molecular weight excluding hydrogens is 200 g/mol. The van der Waals surface area contributed by atoms with Crippen molar-refractivity contribution in [2.24, 2.45) is 0 Å². The van der Waals surface area contributed by atoms with Crippen molar-refractivity contribution in [1.29, 1.82) is 0 Å². The van der Waals surface area contributed by atoms with Crippen LogP contribution in [0.3, 0.4) is 0 Å².